The van der Waals surface area contributed by atoms with E-state index in [2.05, 4.69) is 10.6 Å². The topological polar surface area (TPSA) is 103 Å². The van der Waals surface area contributed by atoms with Crippen LogP contribution < -0.4 is 20.1 Å². The van der Waals surface area contributed by atoms with Crippen molar-refractivity contribution >= 4 is 39.8 Å². The van der Waals surface area contributed by atoms with Crippen molar-refractivity contribution in [2.75, 3.05) is 31.5 Å². The summed E-state index contributed by atoms with van der Waals surface area (Å²) in [5.41, 5.74) is 0.999. The van der Waals surface area contributed by atoms with E-state index in [1.807, 2.05) is 6.07 Å². The first-order valence-corrected chi connectivity index (χ1v) is 10.4. The number of hydrogen-bond acceptors (Lipinski definition) is 7. The molecular formula is C23H22N2O6S. The number of ether oxygens (including phenoxy) is 3. The number of amides is 2. The summed E-state index contributed by atoms with van der Waals surface area (Å²) < 4.78 is 15.5. The van der Waals surface area contributed by atoms with E-state index in [9.17, 15) is 14.4 Å². The summed E-state index contributed by atoms with van der Waals surface area (Å²) in [6.45, 7) is 1.36. The highest BCUT2D eigenvalue weighted by atomic mass is 32.1. The standard InChI is InChI=1S/C23H22N2O6S/c1-14-19(23(28)30-3)22(25-18(26)13-31-15-9-5-4-6-10-15)32-20(14)21(27)24-16-11-7-8-12-17(16)29-2/h4-12H,13H2,1-3H3,(H,24,27)(H,25,26). The number of hydrogen-bond donors (Lipinski definition) is 2. The number of esters is 1. The third kappa shape index (κ3) is 5.25. The molecule has 8 nitrogen and oxygen atoms in total. The average Bonchev–Trinajstić information content (AvgIpc) is 3.13. The Morgan fingerprint density at radius 3 is 2.31 bits per heavy atom. The summed E-state index contributed by atoms with van der Waals surface area (Å²) in [5, 5.41) is 5.63. The molecule has 0 saturated carbocycles. The third-order valence-corrected chi connectivity index (χ3v) is 5.67. The van der Waals surface area contributed by atoms with E-state index in [1.165, 1.54) is 14.2 Å². The summed E-state index contributed by atoms with van der Waals surface area (Å²) in [7, 11) is 2.74. The lowest BCUT2D eigenvalue weighted by Crippen LogP contribution is -2.21. The minimum absolute atomic E-state index is 0.121. The van der Waals surface area contributed by atoms with Crippen molar-refractivity contribution < 1.29 is 28.6 Å². The summed E-state index contributed by atoms with van der Waals surface area (Å²) in [6, 6.07) is 15.8. The number of thiophene rings is 1. The zero-order valence-corrected chi connectivity index (χ0v) is 18.6. The Morgan fingerprint density at radius 2 is 1.62 bits per heavy atom. The monoisotopic (exact) mass is 454 g/mol. The Balaban J connectivity index is 1.81. The molecule has 0 aliphatic heterocycles. The van der Waals surface area contributed by atoms with Crippen LogP contribution in [-0.2, 0) is 9.53 Å². The van der Waals surface area contributed by atoms with Crippen LogP contribution in [0.4, 0.5) is 10.7 Å². The molecule has 32 heavy (non-hydrogen) atoms. The van der Waals surface area contributed by atoms with E-state index < -0.39 is 17.8 Å². The number of carbonyl (C=O) groups is 3. The highest BCUT2D eigenvalue weighted by Crippen LogP contribution is 2.35. The quantitative estimate of drug-likeness (QED) is 0.497. The molecule has 1 heterocycles. The number of nitrogens with one attached hydrogen (secondary N) is 2. The van der Waals surface area contributed by atoms with Crippen LogP contribution in [-0.4, -0.2) is 38.6 Å². The van der Waals surface area contributed by atoms with Crippen LogP contribution in [0.15, 0.2) is 54.6 Å². The first kappa shape index (κ1) is 22.8. The maximum Gasteiger partial charge on any atom is 0.341 e. The molecule has 3 aromatic rings. The van der Waals surface area contributed by atoms with Gasteiger partial charge in [0, 0.05) is 0 Å². The number of rotatable bonds is 8. The summed E-state index contributed by atoms with van der Waals surface area (Å²) in [6.07, 6.45) is 0. The van der Waals surface area contributed by atoms with Crippen LogP contribution in [0.5, 0.6) is 11.5 Å². The summed E-state index contributed by atoms with van der Waals surface area (Å²) in [5.74, 6) is -0.542. The first-order chi connectivity index (χ1) is 15.4. The van der Waals surface area contributed by atoms with Gasteiger partial charge < -0.3 is 24.8 Å². The molecule has 0 saturated heterocycles. The van der Waals surface area contributed by atoms with Gasteiger partial charge in [0.05, 0.1) is 30.3 Å². The Morgan fingerprint density at radius 1 is 0.938 bits per heavy atom. The van der Waals surface area contributed by atoms with Crippen molar-refractivity contribution in [3.63, 3.8) is 0 Å². The maximum absolute atomic E-state index is 12.9. The van der Waals surface area contributed by atoms with Gasteiger partial charge in [0.2, 0.25) is 0 Å². The summed E-state index contributed by atoms with van der Waals surface area (Å²) in [4.78, 5) is 38.0. The van der Waals surface area contributed by atoms with Gasteiger partial charge in [-0.15, -0.1) is 11.3 Å². The lowest BCUT2D eigenvalue weighted by molar-refractivity contribution is -0.118. The predicted molar refractivity (Wildman–Crippen MR) is 122 cm³/mol. The minimum Gasteiger partial charge on any atom is -0.495 e. The van der Waals surface area contributed by atoms with Crippen LogP contribution in [0.25, 0.3) is 0 Å². The molecule has 0 bridgehead atoms. The van der Waals surface area contributed by atoms with E-state index in [4.69, 9.17) is 14.2 Å². The molecule has 0 unspecified atom stereocenters. The number of anilines is 2. The molecule has 1 aromatic heterocycles. The molecule has 0 spiro atoms. The fourth-order valence-electron chi connectivity index (χ4n) is 2.92. The van der Waals surface area contributed by atoms with E-state index in [0.29, 0.717) is 22.7 Å². The number of para-hydroxylation sites is 3. The second-order valence-electron chi connectivity index (χ2n) is 6.56. The fraction of sp³-hybridized carbons (Fsp3) is 0.174. The lowest BCUT2D eigenvalue weighted by Gasteiger charge is -2.09. The number of carbonyl (C=O) groups excluding carboxylic acids is 3. The Labute approximate surface area is 189 Å². The van der Waals surface area contributed by atoms with Gasteiger partial charge in [-0.2, -0.15) is 0 Å². The molecule has 0 radical (unpaired) electrons. The van der Waals surface area contributed by atoms with E-state index in [0.717, 1.165) is 11.3 Å². The molecular weight excluding hydrogens is 432 g/mol. The van der Waals surface area contributed by atoms with Crippen molar-refractivity contribution in [1.29, 1.82) is 0 Å². The van der Waals surface area contributed by atoms with Gasteiger partial charge in [-0.25, -0.2) is 4.79 Å². The van der Waals surface area contributed by atoms with Crippen LogP contribution in [0, 0.1) is 6.92 Å². The largest absolute Gasteiger partial charge is 0.495 e. The van der Waals surface area contributed by atoms with Crippen LogP contribution in [0.3, 0.4) is 0 Å². The normalized spacial score (nSPS) is 10.2. The molecule has 9 heteroatoms. The molecule has 2 N–H and O–H groups in total. The predicted octanol–water partition coefficient (Wildman–Crippen LogP) is 4.12. The maximum atomic E-state index is 12.9. The van der Waals surface area contributed by atoms with Crippen molar-refractivity contribution in [3.8, 4) is 11.5 Å². The Hall–Kier alpha value is -3.85. The van der Waals surface area contributed by atoms with Gasteiger partial charge in [-0.3, -0.25) is 9.59 Å². The fourth-order valence-corrected chi connectivity index (χ4v) is 4.03. The molecule has 3 rings (SSSR count). The molecule has 166 valence electrons. The minimum atomic E-state index is -0.658. The molecule has 0 atom stereocenters. The van der Waals surface area contributed by atoms with Gasteiger partial charge in [0.25, 0.3) is 11.8 Å². The Bertz CT molecular complexity index is 1130. The number of methoxy groups -OCH3 is 2. The molecule has 0 aliphatic carbocycles. The van der Waals surface area contributed by atoms with Crippen molar-refractivity contribution in [2.45, 2.75) is 6.92 Å². The van der Waals surface area contributed by atoms with Crippen LogP contribution >= 0.6 is 11.3 Å². The van der Waals surface area contributed by atoms with Crippen molar-refractivity contribution in [2.24, 2.45) is 0 Å². The highest BCUT2D eigenvalue weighted by Gasteiger charge is 2.26. The van der Waals surface area contributed by atoms with E-state index in [1.54, 1.807) is 55.5 Å². The Kier molecular flexibility index (Phi) is 7.45. The molecule has 2 amide bonds. The SMILES string of the molecule is COC(=O)c1c(NC(=O)COc2ccccc2)sc(C(=O)Nc2ccccc2OC)c1C. The summed E-state index contributed by atoms with van der Waals surface area (Å²) >= 11 is 0.979. The van der Waals surface area contributed by atoms with E-state index in [-0.39, 0.29) is 22.0 Å². The molecule has 2 aromatic carbocycles. The zero-order valence-electron chi connectivity index (χ0n) is 17.8. The smallest absolute Gasteiger partial charge is 0.341 e. The van der Waals surface area contributed by atoms with Crippen molar-refractivity contribution in [1.82, 2.24) is 0 Å². The van der Waals surface area contributed by atoms with Crippen molar-refractivity contribution in [3.05, 3.63) is 70.6 Å². The van der Waals surface area contributed by atoms with Gasteiger partial charge >= 0.3 is 5.97 Å². The van der Waals surface area contributed by atoms with Gasteiger partial charge in [-0.1, -0.05) is 30.3 Å². The highest BCUT2D eigenvalue weighted by molar-refractivity contribution is 7.19. The number of benzene rings is 2. The van der Waals surface area contributed by atoms with Gasteiger partial charge in [0.15, 0.2) is 6.61 Å². The van der Waals surface area contributed by atoms with Gasteiger partial charge in [0.1, 0.15) is 16.5 Å². The molecule has 0 aliphatic rings. The second-order valence-corrected chi connectivity index (χ2v) is 7.58. The third-order valence-electron chi connectivity index (χ3n) is 4.46. The lowest BCUT2D eigenvalue weighted by atomic mass is 10.1. The van der Waals surface area contributed by atoms with E-state index >= 15 is 0 Å². The zero-order chi connectivity index (χ0) is 23.1. The van der Waals surface area contributed by atoms with Gasteiger partial charge in [-0.05, 0) is 36.8 Å². The first-order valence-electron chi connectivity index (χ1n) is 9.58. The second kappa shape index (κ2) is 10.5. The van der Waals surface area contributed by atoms with Crippen LogP contribution in [0.2, 0.25) is 0 Å². The van der Waals surface area contributed by atoms with Crippen LogP contribution in [0.1, 0.15) is 25.6 Å². The average molecular weight is 455 g/mol. The molecule has 0 fully saturated rings.